The average Bonchev–Trinajstić information content (AvgIpc) is 2.84. The summed E-state index contributed by atoms with van der Waals surface area (Å²) in [5.41, 5.74) is 1.72. The van der Waals surface area contributed by atoms with Crippen LogP contribution in [-0.2, 0) is 19.0 Å². The highest BCUT2D eigenvalue weighted by molar-refractivity contribution is 6.33. The summed E-state index contributed by atoms with van der Waals surface area (Å²) in [7, 11) is 6.53. The van der Waals surface area contributed by atoms with Gasteiger partial charge in [-0.3, -0.25) is 4.79 Å². The monoisotopic (exact) mass is 510 g/mol. The van der Waals surface area contributed by atoms with Crippen molar-refractivity contribution < 1.29 is 38.1 Å². The Morgan fingerprint density at radius 2 is 1.18 bits per heavy atom. The summed E-state index contributed by atoms with van der Waals surface area (Å²) in [6.07, 6.45) is 2.13. The van der Waals surface area contributed by atoms with Crippen LogP contribution in [0.5, 0.6) is 11.5 Å². The predicted octanol–water partition coefficient (Wildman–Crippen LogP) is 4.97. The standard InChI is InChI=1S/C24H24Cl2O8/c1-30-20(27)8-6-7-15(13-9-16(23(28)33-4)21(31-2)18(25)11-13)14-10-17(24(29)34-5)22(32-3)19(26)12-14/h7,9-12H,6,8H2,1-5H3. The Hall–Kier alpha value is -3.23. The van der Waals surface area contributed by atoms with Crippen LogP contribution in [-0.4, -0.2) is 53.5 Å². The molecule has 2 aromatic carbocycles. The zero-order valence-corrected chi connectivity index (χ0v) is 20.8. The van der Waals surface area contributed by atoms with Gasteiger partial charge in [-0.25, -0.2) is 9.59 Å². The molecule has 0 amide bonds. The van der Waals surface area contributed by atoms with Gasteiger partial charge in [0.15, 0.2) is 11.5 Å². The van der Waals surface area contributed by atoms with Crippen molar-refractivity contribution in [3.8, 4) is 11.5 Å². The minimum absolute atomic E-state index is 0.0965. The van der Waals surface area contributed by atoms with Gasteiger partial charge in [-0.15, -0.1) is 0 Å². The van der Waals surface area contributed by atoms with Crippen molar-refractivity contribution in [3.63, 3.8) is 0 Å². The van der Waals surface area contributed by atoms with Crippen LogP contribution < -0.4 is 9.47 Å². The molecule has 0 bridgehead atoms. The topological polar surface area (TPSA) is 97.4 Å². The van der Waals surface area contributed by atoms with Crippen LogP contribution in [0.1, 0.15) is 44.7 Å². The maximum Gasteiger partial charge on any atom is 0.341 e. The molecule has 0 saturated carbocycles. The van der Waals surface area contributed by atoms with E-state index >= 15 is 0 Å². The van der Waals surface area contributed by atoms with Crippen LogP contribution in [0.2, 0.25) is 10.0 Å². The van der Waals surface area contributed by atoms with E-state index in [1.165, 1.54) is 47.7 Å². The summed E-state index contributed by atoms with van der Waals surface area (Å²) < 4.78 is 25.0. The summed E-state index contributed by atoms with van der Waals surface area (Å²) in [6.45, 7) is 0. The zero-order valence-electron chi connectivity index (χ0n) is 19.3. The van der Waals surface area contributed by atoms with Gasteiger partial charge in [-0.05, 0) is 47.4 Å². The minimum Gasteiger partial charge on any atom is -0.494 e. The van der Waals surface area contributed by atoms with Crippen LogP contribution in [0.4, 0.5) is 0 Å². The minimum atomic E-state index is -0.655. The molecule has 0 unspecified atom stereocenters. The fourth-order valence-electron chi connectivity index (χ4n) is 3.27. The van der Waals surface area contributed by atoms with E-state index in [4.69, 9.17) is 46.9 Å². The molecule has 0 fully saturated rings. The van der Waals surface area contributed by atoms with Gasteiger partial charge in [0, 0.05) is 6.42 Å². The number of carbonyl (C=O) groups is 3. The molecule has 10 heteroatoms. The molecule has 0 heterocycles. The number of hydrogen-bond donors (Lipinski definition) is 0. The van der Waals surface area contributed by atoms with Crippen molar-refractivity contribution in [1.82, 2.24) is 0 Å². The molecule has 0 radical (unpaired) electrons. The molecule has 0 aliphatic rings. The van der Waals surface area contributed by atoms with Crippen molar-refractivity contribution in [3.05, 3.63) is 62.6 Å². The van der Waals surface area contributed by atoms with E-state index < -0.39 is 17.9 Å². The van der Waals surface area contributed by atoms with Crippen LogP contribution in [0, 0.1) is 0 Å². The van der Waals surface area contributed by atoms with E-state index in [2.05, 4.69) is 0 Å². The third-order valence-corrected chi connectivity index (χ3v) is 5.41. The number of carbonyl (C=O) groups excluding carboxylic acids is 3. The fourth-order valence-corrected chi connectivity index (χ4v) is 3.87. The fraction of sp³-hybridized carbons (Fsp3) is 0.292. The SMILES string of the molecule is COC(=O)CCC=C(c1cc(Cl)c(OC)c(C(=O)OC)c1)c1cc(Cl)c(OC)c(C(=O)OC)c1. The van der Waals surface area contributed by atoms with Crippen LogP contribution in [0.25, 0.3) is 5.57 Å². The molecule has 0 aliphatic heterocycles. The molecular weight excluding hydrogens is 487 g/mol. The Balaban J connectivity index is 2.79. The summed E-state index contributed by atoms with van der Waals surface area (Å²) >= 11 is 12.8. The lowest BCUT2D eigenvalue weighted by Crippen LogP contribution is -2.07. The van der Waals surface area contributed by atoms with Crippen molar-refractivity contribution in [2.24, 2.45) is 0 Å². The number of esters is 3. The Morgan fingerprint density at radius 1 is 0.735 bits per heavy atom. The average molecular weight is 511 g/mol. The predicted molar refractivity (Wildman–Crippen MR) is 127 cm³/mol. The van der Waals surface area contributed by atoms with Crippen LogP contribution in [0.15, 0.2) is 30.3 Å². The van der Waals surface area contributed by atoms with E-state index in [1.807, 2.05) is 0 Å². The second kappa shape index (κ2) is 12.3. The lowest BCUT2D eigenvalue weighted by Gasteiger charge is -2.17. The van der Waals surface area contributed by atoms with Crippen molar-refractivity contribution in [2.45, 2.75) is 12.8 Å². The second-order valence-electron chi connectivity index (χ2n) is 6.79. The molecule has 0 saturated heterocycles. The molecule has 0 aromatic heterocycles. The summed E-state index contributed by atoms with van der Waals surface area (Å²) in [6, 6.07) is 6.26. The number of ether oxygens (including phenoxy) is 5. The maximum atomic E-state index is 12.4. The zero-order chi connectivity index (χ0) is 25.4. The van der Waals surface area contributed by atoms with Gasteiger partial charge in [-0.1, -0.05) is 29.3 Å². The van der Waals surface area contributed by atoms with E-state index in [1.54, 1.807) is 18.2 Å². The van der Waals surface area contributed by atoms with Gasteiger partial charge in [-0.2, -0.15) is 0 Å². The molecule has 0 aliphatic carbocycles. The number of allylic oxidation sites excluding steroid dienone is 1. The van der Waals surface area contributed by atoms with Crippen molar-refractivity contribution in [2.75, 3.05) is 35.5 Å². The highest BCUT2D eigenvalue weighted by Crippen LogP contribution is 2.38. The Morgan fingerprint density at radius 3 is 1.53 bits per heavy atom. The van der Waals surface area contributed by atoms with E-state index in [0.717, 1.165) is 0 Å². The van der Waals surface area contributed by atoms with Gasteiger partial charge in [0.05, 0.1) is 45.6 Å². The number of rotatable bonds is 9. The third-order valence-electron chi connectivity index (χ3n) is 4.85. The van der Waals surface area contributed by atoms with Crippen LogP contribution in [0.3, 0.4) is 0 Å². The van der Waals surface area contributed by atoms with E-state index in [-0.39, 0.29) is 45.5 Å². The Bertz CT molecular complexity index is 1050. The maximum absolute atomic E-state index is 12.4. The van der Waals surface area contributed by atoms with E-state index in [0.29, 0.717) is 16.7 Å². The third kappa shape index (κ3) is 6.01. The number of benzene rings is 2. The molecule has 34 heavy (non-hydrogen) atoms. The molecule has 0 atom stereocenters. The molecule has 0 N–H and O–H groups in total. The largest absolute Gasteiger partial charge is 0.494 e. The Kier molecular flexibility index (Phi) is 9.77. The first-order valence-electron chi connectivity index (χ1n) is 9.91. The van der Waals surface area contributed by atoms with Gasteiger partial charge in [0.2, 0.25) is 0 Å². The first-order valence-corrected chi connectivity index (χ1v) is 10.7. The highest BCUT2D eigenvalue weighted by Gasteiger charge is 2.22. The number of hydrogen-bond acceptors (Lipinski definition) is 8. The molecular formula is C24H24Cl2O8. The molecule has 8 nitrogen and oxygen atoms in total. The van der Waals surface area contributed by atoms with Gasteiger partial charge < -0.3 is 23.7 Å². The first kappa shape index (κ1) is 27.0. The summed E-state index contributed by atoms with van der Waals surface area (Å²) in [5.74, 6) is -1.42. The van der Waals surface area contributed by atoms with Crippen LogP contribution >= 0.6 is 23.2 Å². The highest BCUT2D eigenvalue weighted by atomic mass is 35.5. The number of halogens is 2. The van der Waals surface area contributed by atoms with E-state index in [9.17, 15) is 14.4 Å². The first-order chi connectivity index (χ1) is 16.2. The Labute approximate surface area is 207 Å². The molecule has 0 spiro atoms. The lowest BCUT2D eigenvalue weighted by atomic mass is 9.93. The van der Waals surface area contributed by atoms with Crippen molar-refractivity contribution in [1.29, 1.82) is 0 Å². The molecule has 182 valence electrons. The van der Waals surface area contributed by atoms with Gasteiger partial charge >= 0.3 is 17.9 Å². The number of methoxy groups -OCH3 is 5. The smallest absolute Gasteiger partial charge is 0.341 e. The molecule has 2 rings (SSSR count). The van der Waals surface area contributed by atoms with Gasteiger partial charge in [0.1, 0.15) is 11.1 Å². The summed E-state index contributed by atoms with van der Waals surface area (Å²) in [4.78, 5) is 36.4. The second-order valence-corrected chi connectivity index (χ2v) is 7.61. The summed E-state index contributed by atoms with van der Waals surface area (Å²) in [5, 5.41) is 0.319. The lowest BCUT2D eigenvalue weighted by molar-refractivity contribution is -0.140. The normalized spacial score (nSPS) is 10.2. The molecule has 2 aromatic rings. The van der Waals surface area contributed by atoms with Gasteiger partial charge in [0.25, 0.3) is 0 Å². The quantitative estimate of drug-likeness (QED) is 0.344. The van der Waals surface area contributed by atoms with Crippen molar-refractivity contribution >= 4 is 46.7 Å².